The molecule has 79 heavy (non-hydrogen) atoms. The summed E-state index contributed by atoms with van der Waals surface area (Å²) < 4.78 is 71.7. The largest absolute Gasteiger partial charge is 0.496 e. The number of halogens is 7. The van der Waals surface area contributed by atoms with Gasteiger partial charge in [0.15, 0.2) is 6.10 Å². The summed E-state index contributed by atoms with van der Waals surface area (Å²) in [7, 11) is -0.693. The van der Waals surface area contributed by atoms with Crippen molar-refractivity contribution in [2.75, 3.05) is 22.1 Å². The van der Waals surface area contributed by atoms with E-state index < -0.39 is 71.6 Å². The van der Waals surface area contributed by atoms with Crippen LogP contribution in [0.25, 0.3) is 11.1 Å². The number of aliphatic hydroxyl groups excluding tert-OH is 1. The fourth-order valence-corrected chi connectivity index (χ4v) is 8.07. The Morgan fingerprint density at radius 2 is 1.11 bits per heavy atom. The number of rotatable bonds is 13. The minimum absolute atomic E-state index is 0.0691. The lowest BCUT2D eigenvalue weighted by Gasteiger charge is -2.32. The molecule has 3 heterocycles. The van der Waals surface area contributed by atoms with E-state index in [1.165, 1.54) is 24.4 Å². The van der Waals surface area contributed by atoms with E-state index in [4.69, 9.17) is 48.7 Å². The van der Waals surface area contributed by atoms with Gasteiger partial charge in [0.05, 0.1) is 27.4 Å². The Bertz CT molecular complexity index is 3210. The molecule has 1 aliphatic heterocycles. The molecule has 2 aromatic heterocycles. The average Bonchev–Trinajstić information content (AvgIpc) is 3.70. The topological polar surface area (TPSA) is 259 Å². The Morgan fingerprint density at radius 3 is 1.59 bits per heavy atom. The summed E-state index contributed by atoms with van der Waals surface area (Å²) in [5.74, 6) is -6.39. The van der Waals surface area contributed by atoms with Crippen LogP contribution in [0.2, 0.25) is 10.0 Å². The number of hydrogen-bond acceptors (Lipinski definition) is 13. The fourth-order valence-electron chi connectivity index (χ4n) is 7.18. The number of anilines is 4. The van der Waals surface area contributed by atoms with E-state index in [9.17, 15) is 46.6 Å². The Morgan fingerprint density at radius 1 is 0.658 bits per heavy atom. The molecule has 0 bridgehead atoms. The lowest BCUT2D eigenvalue weighted by Crippen LogP contribution is -2.41. The van der Waals surface area contributed by atoms with Gasteiger partial charge in [0.1, 0.15) is 34.9 Å². The average molecular weight is 1200 g/mol. The molecule has 1 saturated heterocycles. The van der Waals surface area contributed by atoms with Crippen LogP contribution in [-0.2, 0) is 28.4 Å². The Hall–Kier alpha value is -7.15. The third kappa shape index (κ3) is 17.2. The van der Waals surface area contributed by atoms with Crippen LogP contribution < -0.4 is 38.2 Å². The van der Waals surface area contributed by atoms with E-state index in [-0.39, 0.29) is 73.6 Å². The van der Waals surface area contributed by atoms with E-state index >= 15 is 0 Å². The van der Waals surface area contributed by atoms with Gasteiger partial charge in [0, 0.05) is 86.6 Å². The van der Waals surface area contributed by atoms with Crippen molar-refractivity contribution in [1.29, 1.82) is 0 Å². The molecule has 2 atom stereocenters. The van der Waals surface area contributed by atoms with Gasteiger partial charge in [-0.1, -0.05) is 35.3 Å². The number of nitrogens with one attached hydrogen (secondary N) is 4. The van der Waals surface area contributed by atoms with Crippen LogP contribution in [-0.4, -0.2) is 75.1 Å². The van der Waals surface area contributed by atoms with Crippen molar-refractivity contribution in [2.45, 2.75) is 97.8 Å². The summed E-state index contributed by atoms with van der Waals surface area (Å²) in [6.07, 6.45) is -0.332. The number of ether oxygens (including phenoxy) is 1. The van der Waals surface area contributed by atoms with Gasteiger partial charge in [0.2, 0.25) is 6.10 Å². The SMILES string of the molecule is CC(=O)OC(C(=O)Nc1ccc(B2OC(C)(C)C(C)(C)O2)c(Cl)c1)c1cc(F)cc(F)c1.CC(C)NC(=O)c1cc(-c2ccc(NC(=O)C(O)c3cc(F)cc(F)c3)cc2Cl)cnc1N.CC(C)NC(=O)c1cc(Br)cnc1N. The lowest BCUT2D eigenvalue weighted by atomic mass is 9.79. The molecular weight excluding hydrogens is 1140 g/mol. The molecule has 4 aromatic carbocycles. The second-order valence-electron chi connectivity index (χ2n) is 19.3. The maximum atomic E-state index is 13.6. The maximum absolute atomic E-state index is 13.6. The first-order valence-electron chi connectivity index (χ1n) is 24.0. The number of nitrogen functional groups attached to an aromatic ring is 2. The summed E-state index contributed by atoms with van der Waals surface area (Å²) >= 11 is 16.0. The van der Waals surface area contributed by atoms with Crippen molar-refractivity contribution in [1.82, 2.24) is 20.6 Å². The van der Waals surface area contributed by atoms with Crippen LogP contribution in [0.4, 0.5) is 40.6 Å². The van der Waals surface area contributed by atoms with Crippen LogP contribution in [0.3, 0.4) is 0 Å². The van der Waals surface area contributed by atoms with E-state index in [2.05, 4.69) is 47.2 Å². The van der Waals surface area contributed by atoms with E-state index in [1.807, 2.05) is 55.4 Å². The summed E-state index contributed by atoms with van der Waals surface area (Å²) in [4.78, 5) is 68.4. The molecule has 0 aliphatic carbocycles. The van der Waals surface area contributed by atoms with Crippen molar-refractivity contribution < 1.29 is 60.7 Å². The zero-order valence-electron chi connectivity index (χ0n) is 44.0. The second kappa shape index (κ2) is 26.7. The van der Waals surface area contributed by atoms with Gasteiger partial charge < -0.3 is 51.9 Å². The zero-order chi connectivity index (χ0) is 58.8. The third-order valence-electron chi connectivity index (χ3n) is 11.6. The molecule has 6 aromatic rings. The van der Waals surface area contributed by atoms with E-state index in [1.54, 1.807) is 36.5 Å². The molecule has 25 heteroatoms. The predicted molar refractivity (Wildman–Crippen MR) is 297 cm³/mol. The van der Waals surface area contributed by atoms with Crippen LogP contribution in [0, 0.1) is 23.3 Å². The van der Waals surface area contributed by atoms with Gasteiger partial charge in [0.25, 0.3) is 23.6 Å². The molecule has 2 unspecified atom stereocenters. The van der Waals surface area contributed by atoms with Gasteiger partial charge >= 0.3 is 13.1 Å². The van der Waals surface area contributed by atoms with Gasteiger partial charge in [-0.25, -0.2) is 27.5 Å². The molecule has 1 aliphatic rings. The van der Waals surface area contributed by atoms with Gasteiger partial charge in [-0.2, -0.15) is 0 Å². The first-order valence-corrected chi connectivity index (χ1v) is 25.5. The normalized spacial score (nSPS) is 13.9. The minimum atomic E-state index is -1.79. The van der Waals surface area contributed by atoms with Crippen molar-refractivity contribution in [3.63, 3.8) is 0 Å². The number of aliphatic hydroxyl groups is 1. The van der Waals surface area contributed by atoms with Crippen molar-refractivity contribution in [2.24, 2.45) is 0 Å². The van der Waals surface area contributed by atoms with Gasteiger partial charge in [-0.3, -0.25) is 24.0 Å². The summed E-state index contributed by atoms with van der Waals surface area (Å²) in [6.45, 7) is 16.2. The molecule has 4 amide bonds. The number of esters is 1. The highest BCUT2D eigenvalue weighted by Gasteiger charge is 2.52. The first kappa shape index (κ1) is 62.7. The van der Waals surface area contributed by atoms with E-state index in [0.717, 1.165) is 35.7 Å². The van der Waals surface area contributed by atoms with Crippen LogP contribution in [0.15, 0.2) is 102 Å². The number of nitrogens with zero attached hydrogens (tertiary/aromatic N) is 2. The molecule has 418 valence electrons. The number of carbonyl (C=O) groups is 5. The highest BCUT2D eigenvalue weighted by molar-refractivity contribution is 9.10. The number of amides is 4. The summed E-state index contributed by atoms with van der Waals surface area (Å²) in [6, 6.07) is 17.3. The highest BCUT2D eigenvalue weighted by Crippen LogP contribution is 2.38. The third-order valence-corrected chi connectivity index (χ3v) is 12.7. The second-order valence-corrected chi connectivity index (χ2v) is 21.0. The Balaban J connectivity index is 0.000000235. The summed E-state index contributed by atoms with van der Waals surface area (Å²) in [5.41, 5.74) is 12.7. The zero-order valence-corrected chi connectivity index (χ0v) is 47.1. The smallest absolute Gasteiger partial charge is 0.447 e. The molecule has 9 N–H and O–H groups in total. The lowest BCUT2D eigenvalue weighted by molar-refractivity contribution is -0.152. The van der Waals surface area contributed by atoms with Crippen molar-refractivity contribution >= 4 is 104 Å². The number of benzene rings is 4. The van der Waals surface area contributed by atoms with Crippen molar-refractivity contribution in [3.8, 4) is 11.1 Å². The van der Waals surface area contributed by atoms with Crippen LogP contribution in [0.5, 0.6) is 0 Å². The summed E-state index contributed by atoms with van der Waals surface area (Å²) in [5, 5.41) is 21.1. The fraction of sp³-hybridized carbons (Fsp3) is 0.278. The predicted octanol–water partition coefficient (Wildman–Crippen LogP) is 9.80. The number of nitrogens with two attached hydrogens (primary N) is 2. The number of aromatic nitrogens is 2. The minimum Gasteiger partial charge on any atom is -0.447 e. The van der Waals surface area contributed by atoms with E-state index in [0.29, 0.717) is 34.3 Å². The van der Waals surface area contributed by atoms with Gasteiger partial charge in [-0.15, -0.1) is 0 Å². The van der Waals surface area contributed by atoms with Crippen LogP contribution >= 0.6 is 39.1 Å². The molecule has 17 nitrogen and oxygen atoms in total. The van der Waals surface area contributed by atoms with Crippen LogP contribution in [0.1, 0.15) is 106 Å². The Labute approximate surface area is 471 Å². The molecule has 0 radical (unpaired) electrons. The maximum Gasteiger partial charge on any atom is 0.496 e. The first-order chi connectivity index (χ1) is 36.8. The molecule has 0 saturated carbocycles. The number of carbonyl (C=O) groups excluding carboxylic acids is 5. The molecule has 0 spiro atoms. The highest BCUT2D eigenvalue weighted by atomic mass is 79.9. The number of hydrogen-bond donors (Lipinski definition) is 7. The molecule has 7 rings (SSSR count). The standard InChI is InChI=1S/C23H21ClF2N4O3.C22H23BClF2NO5.C9H12BrN3O/c1-11(2)29-22(32)18-7-13(10-28-21(18)27)17-4-3-16(9-19(17)24)30-23(33)20(31)12-5-14(25)8-15(26)6-12;1-12(28)30-19(13-8-14(25)10-15(26)9-13)20(29)27-16-6-7-17(18(24)11-16)23-31-21(2,3)22(4,5)32-23;1-5(2)13-9(14)7-3-6(10)4-12-8(7)11/h3-11,20,31H,1-2H3,(H2,27,28)(H,29,32)(H,30,33);6-11,19H,1-5H3,(H,27,29);3-5H,1-2H3,(H2,11,12)(H,13,14). The number of pyridine rings is 2. The Kier molecular flexibility index (Phi) is 21.2. The van der Waals surface area contributed by atoms with Crippen molar-refractivity contribution in [3.05, 3.63) is 157 Å². The monoisotopic (exact) mass is 1200 g/mol. The van der Waals surface area contributed by atoms with Gasteiger partial charge in [-0.05, 0) is 138 Å². The quantitative estimate of drug-likeness (QED) is 0.0323. The molecule has 1 fully saturated rings. The molecular formula is C54H56BBrCl2F4N8O9.